The first-order valence-electron chi connectivity index (χ1n) is 8.66. The maximum Gasteiger partial charge on any atom is 0.313 e. The molecule has 0 unspecified atom stereocenters. The third kappa shape index (κ3) is 4.90. The fourth-order valence-electron chi connectivity index (χ4n) is 3.04. The van der Waals surface area contributed by atoms with Gasteiger partial charge in [0, 0.05) is 31.9 Å². The van der Waals surface area contributed by atoms with E-state index < -0.39 is 11.8 Å². The predicted molar refractivity (Wildman–Crippen MR) is 98.1 cm³/mol. The van der Waals surface area contributed by atoms with E-state index in [1.54, 1.807) is 12.1 Å². The van der Waals surface area contributed by atoms with E-state index in [1.807, 2.05) is 18.2 Å². The predicted octanol–water partition coefficient (Wildman–Crippen LogP) is 2.19. The van der Waals surface area contributed by atoms with Crippen molar-refractivity contribution in [2.45, 2.75) is 19.4 Å². The Morgan fingerprint density at radius 2 is 1.64 bits per heavy atom. The van der Waals surface area contributed by atoms with Gasteiger partial charge in [-0.3, -0.25) is 14.5 Å². The maximum absolute atomic E-state index is 11.8. The van der Waals surface area contributed by atoms with Gasteiger partial charge in [0.05, 0.1) is 0 Å². The number of benzene rings is 2. The molecule has 0 bridgehead atoms. The van der Waals surface area contributed by atoms with Crippen molar-refractivity contribution >= 4 is 17.5 Å². The minimum absolute atomic E-state index is 0.499. The minimum atomic E-state index is -0.627. The summed E-state index contributed by atoms with van der Waals surface area (Å²) in [7, 11) is 0. The van der Waals surface area contributed by atoms with Crippen LogP contribution in [0.25, 0.3) is 0 Å². The van der Waals surface area contributed by atoms with Gasteiger partial charge >= 0.3 is 11.8 Å². The third-order valence-electron chi connectivity index (χ3n) is 4.38. The monoisotopic (exact) mass is 337 g/mol. The van der Waals surface area contributed by atoms with Crippen molar-refractivity contribution in [2.24, 2.45) is 0 Å². The Morgan fingerprint density at radius 3 is 2.44 bits per heavy atom. The van der Waals surface area contributed by atoms with Gasteiger partial charge in [0.25, 0.3) is 0 Å². The zero-order valence-electron chi connectivity index (χ0n) is 14.2. The fourth-order valence-corrected chi connectivity index (χ4v) is 3.04. The molecule has 2 amide bonds. The lowest BCUT2D eigenvalue weighted by atomic mass is 10.00. The Bertz CT molecular complexity index is 731. The number of amides is 2. The quantitative estimate of drug-likeness (QED) is 0.649. The highest BCUT2D eigenvalue weighted by atomic mass is 16.2. The molecule has 25 heavy (non-hydrogen) atoms. The van der Waals surface area contributed by atoms with Crippen molar-refractivity contribution in [3.63, 3.8) is 0 Å². The van der Waals surface area contributed by atoms with Crippen molar-refractivity contribution in [3.05, 3.63) is 65.7 Å². The second kappa shape index (κ2) is 8.44. The van der Waals surface area contributed by atoms with Crippen LogP contribution in [0.15, 0.2) is 54.6 Å². The van der Waals surface area contributed by atoms with Gasteiger partial charge in [-0.25, -0.2) is 0 Å². The Morgan fingerprint density at radius 1 is 0.920 bits per heavy atom. The van der Waals surface area contributed by atoms with Crippen LogP contribution in [0.3, 0.4) is 0 Å². The number of fused-ring (bicyclic) bond motifs is 1. The summed E-state index contributed by atoms with van der Waals surface area (Å²) in [6.07, 6.45) is 1.90. The average molecular weight is 337 g/mol. The van der Waals surface area contributed by atoms with Crippen LogP contribution in [-0.4, -0.2) is 36.3 Å². The largest absolute Gasteiger partial charge is 0.348 e. The zero-order chi connectivity index (χ0) is 17.5. The molecule has 0 saturated heterocycles. The van der Waals surface area contributed by atoms with Crippen LogP contribution < -0.4 is 10.6 Å². The first kappa shape index (κ1) is 17.2. The minimum Gasteiger partial charge on any atom is -0.348 e. The summed E-state index contributed by atoms with van der Waals surface area (Å²) in [4.78, 5) is 26.0. The van der Waals surface area contributed by atoms with E-state index in [0.717, 1.165) is 32.5 Å². The van der Waals surface area contributed by atoms with Crippen LogP contribution in [0.5, 0.6) is 0 Å². The third-order valence-corrected chi connectivity index (χ3v) is 4.38. The Balaban J connectivity index is 1.36. The highest BCUT2D eigenvalue weighted by Gasteiger charge is 2.16. The molecule has 1 heterocycles. The molecule has 1 aliphatic heterocycles. The zero-order valence-corrected chi connectivity index (χ0v) is 14.2. The van der Waals surface area contributed by atoms with Gasteiger partial charge in [0.1, 0.15) is 0 Å². The van der Waals surface area contributed by atoms with Gasteiger partial charge in [0.15, 0.2) is 0 Å². The lowest BCUT2D eigenvalue weighted by molar-refractivity contribution is -0.136. The molecule has 2 aromatic carbocycles. The van der Waals surface area contributed by atoms with Gasteiger partial charge in [-0.05, 0) is 36.1 Å². The normalized spacial score (nSPS) is 13.8. The number of para-hydroxylation sites is 1. The van der Waals surface area contributed by atoms with E-state index in [-0.39, 0.29) is 0 Å². The summed E-state index contributed by atoms with van der Waals surface area (Å²) >= 11 is 0. The van der Waals surface area contributed by atoms with Crippen molar-refractivity contribution in [3.8, 4) is 0 Å². The van der Waals surface area contributed by atoms with E-state index in [0.29, 0.717) is 12.2 Å². The number of rotatable bonds is 5. The Labute approximate surface area is 148 Å². The molecule has 2 aromatic rings. The van der Waals surface area contributed by atoms with Crippen LogP contribution >= 0.6 is 0 Å². The second-order valence-electron chi connectivity index (χ2n) is 6.22. The van der Waals surface area contributed by atoms with Crippen LogP contribution in [0.1, 0.15) is 17.5 Å². The van der Waals surface area contributed by atoms with Crippen LogP contribution in [0.4, 0.5) is 5.69 Å². The smallest absolute Gasteiger partial charge is 0.313 e. The average Bonchev–Trinajstić information content (AvgIpc) is 2.65. The molecule has 0 aromatic heterocycles. The molecule has 130 valence electrons. The molecule has 0 spiro atoms. The van der Waals surface area contributed by atoms with E-state index in [1.165, 1.54) is 11.1 Å². The second-order valence-corrected chi connectivity index (χ2v) is 6.22. The molecule has 3 rings (SSSR count). The summed E-state index contributed by atoms with van der Waals surface area (Å²) in [6, 6.07) is 17.5. The van der Waals surface area contributed by atoms with Crippen molar-refractivity contribution in [2.75, 3.05) is 25.0 Å². The van der Waals surface area contributed by atoms with Gasteiger partial charge in [-0.2, -0.15) is 0 Å². The van der Waals surface area contributed by atoms with E-state index >= 15 is 0 Å². The molecule has 5 heteroatoms. The number of nitrogens with zero attached hydrogens (tertiary/aromatic N) is 1. The molecule has 0 atom stereocenters. The van der Waals surface area contributed by atoms with Gasteiger partial charge in [-0.1, -0.05) is 42.5 Å². The summed E-state index contributed by atoms with van der Waals surface area (Å²) in [5, 5.41) is 5.27. The van der Waals surface area contributed by atoms with Crippen LogP contribution in [-0.2, 0) is 22.6 Å². The highest BCUT2D eigenvalue weighted by Crippen LogP contribution is 2.18. The molecule has 0 radical (unpaired) electrons. The lowest BCUT2D eigenvalue weighted by Crippen LogP contribution is -2.37. The lowest BCUT2D eigenvalue weighted by Gasteiger charge is -2.28. The number of hydrogen-bond donors (Lipinski definition) is 2. The summed E-state index contributed by atoms with van der Waals surface area (Å²) in [5.41, 5.74) is 3.44. The number of anilines is 1. The Kier molecular flexibility index (Phi) is 5.80. The SMILES string of the molecule is O=C(NCCCN1CCc2ccccc2C1)C(=O)Nc1ccccc1. The molecule has 0 saturated carbocycles. The Hall–Kier alpha value is -2.66. The number of carbonyl (C=O) groups is 2. The number of carbonyl (C=O) groups excluding carboxylic acids is 2. The molecular formula is C20H23N3O2. The van der Waals surface area contributed by atoms with Crippen LogP contribution in [0.2, 0.25) is 0 Å². The summed E-state index contributed by atoms with van der Waals surface area (Å²) < 4.78 is 0. The van der Waals surface area contributed by atoms with Gasteiger partial charge in [0.2, 0.25) is 0 Å². The summed E-state index contributed by atoms with van der Waals surface area (Å²) in [5.74, 6) is -1.22. The van der Waals surface area contributed by atoms with Crippen molar-refractivity contribution < 1.29 is 9.59 Å². The molecule has 2 N–H and O–H groups in total. The number of nitrogens with one attached hydrogen (secondary N) is 2. The maximum atomic E-state index is 11.8. The van der Waals surface area contributed by atoms with Gasteiger partial charge in [-0.15, -0.1) is 0 Å². The molecule has 5 nitrogen and oxygen atoms in total. The summed E-state index contributed by atoms with van der Waals surface area (Å²) in [6.45, 7) is 3.41. The first-order chi connectivity index (χ1) is 12.2. The molecular weight excluding hydrogens is 314 g/mol. The van der Waals surface area contributed by atoms with Crippen molar-refractivity contribution in [1.29, 1.82) is 0 Å². The highest BCUT2D eigenvalue weighted by molar-refractivity contribution is 6.39. The van der Waals surface area contributed by atoms with Gasteiger partial charge < -0.3 is 10.6 Å². The van der Waals surface area contributed by atoms with Crippen molar-refractivity contribution in [1.82, 2.24) is 10.2 Å². The topological polar surface area (TPSA) is 61.4 Å². The molecule has 1 aliphatic rings. The van der Waals surface area contributed by atoms with E-state index in [9.17, 15) is 9.59 Å². The molecule has 0 aliphatic carbocycles. The fraction of sp³-hybridized carbons (Fsp3) is 0.300. The van der Waals surface area contributed by atoms with E-state index in [4.69, 9.17) is 0 Å². The molecule has 0 fully saturated rings. The van der Waals surface area contributed by atoms with Crippen LogP contribution in [0, 0.1) is 0 Å². The first-order valence-corrected chi connectivity index (χ1v) is 8.66. The van der Waals surface area contributed by atoms with E-state index in [2.05, 4.69) is 39.8 Å². The standard InChI is InChI=1S/C20H23N3O2/c24-19(20(25)22-18-9-2-1-3-10-18)21-12-6-13-23-14-11-16-7-4-5-8-17(16)15-23/h1-5,7-10H,6,11-15H2,(H,21,24)(H,22,25). The number of hydrogen-bond acceptors (Lipinski definition) is 3.